The molecule has 0 fully saturated rings. The van der Waals surface area contributed by atoms with Crippen molar-refractivity contribution in [2.75, 3.05) is 19.0 Å². The second-order valence-electron chi connectivity index (χ2n) is 4.00. The molecule has 1 aromatic heterocycles. The van der Waals surface area contributed by atoms with Gasteiger partial charge in [0.05, 0.1) is 7.11 Å². The van der Waals surface area contributed by atoms with Crippen LogP contribution in [0.5, 0.6) is 5.75 Å². The lowest BCUT2D eigenvalue weighted by Gasteiger charge is -2.04. The molecule has 0 spiro atoms. The fourth-order valence-electron chi connectivity index (χ4n) is 1.65. The van der Waals surface area contributed by atoms with Crippen LogP contribution in [0.1, 0.15) is 17.9 Å². The minimum absolute atomic E-state index is 0.488. The third-order valence-electron chi connectivity index (χ3n) is 2.60. The Labute approximate surface area is 106 Å². The van der Waals surface area contributed by atoms with E-state index in [1.54, 1.807) is 14.0 Å². The van der Waals surface area contributed by atoms with Crippen molar-refractivity contribution in [3.63, 3.8) is 0 Å². The lowest BCUT2D eigenvalue weighted by Crippen LogP contribution is -2.03. The van der Waals surface area contributed by atoms with E-state index in [-0.39, 0.29) is 0 Å². The molecule has 2 rings (SSSR count). The molecule has 0 saturated heterocycles. The Kier molecular flexibility index (Phi) is 4.17. The molecule has 0 atom stereocenters. The molecule has 0 aliphatic carbocycles. The van der Waals surface area contributed by atoms with E-state index in [1.807, 2.05) is 12.1 Å². The SMILES string of the molecule is COc1ccc(CCCNc2nnc(C)o2)cc1. The van der Waals surface area contributed by atoms with Gasteiger partial charge in [-0.05, 0) is 30.5 Å². The second kappa shape index (κ2) is 6.05. The molecule has 1 aromatic carbocycles. The van der Waals surface area contributed by atoms with Gasteiger partial charge in [-0.3, -0.25) is 0 Å². The molecular formula is C13H17N3O2. The third kappa shape index (κ3) is 3.48. The van der Waals surface area contributed by atoms with Crippen LogP contribution in [-0.4, -0.2) is 23.9 Å². The van der Waals surface area contributed by atoms with E-state index in [2.05, 4.69) is 27.6 Å². The molecule has 96 valence electrons. The van der Waals surface area contributed by atoms with Crippen molar-refractivity contribution in [2.45, 2.75) is 19.8 Å². The minimum atomic E-state index is 0.488. The van der Waals surface area contributed by atoms with Crippen molar-refractivity contribution in [2.24, 2.45) is 0 Å². The van der Waals surface area contributed by atoms with Crippen LogP contribution < -0.4 is 10.1 Å². The fraction of sp³-hybridized carbons (Fsp3) is 0.385. The van der Waals surface area contributed by atoms with Crippen LogP contribution in [0.15, 0.2) is 28.7 Å². The van der Waals surface area contributed by atoms with Gasteiger partial charge in [-0.1, -0.05) is 17.2 Å². The lowest BCUT2D eigenvalue weighted by atomic mass is 10.1. The number of aryl methyl sites for hydroxylation is 2. The highest BCUT2D eigenvalue weighted by Gasteiger charge is 2.00. The molecule has 0 radical (unpaired) electrons. The van der Waals surface area contributed by atoms with Crippen LogP contribution in [0.3, 0.4) is 0 Å². The van der Waals surface area contributed by atoms with Crippen molar-refractivity contribution in [1.29, 1.82) is 0 Å². The number of anilines is 1. The Morgan fingerprint density at radius 1 is 1.22 bits per heavy atom. The standard InChI is InChI=1S/C13H17N3O2/c1-10-15-16-13(18-10)14-9-3-4-11-5-7-12(17-2)8-6-11/h5-8H,3-4,9H2,1-2H3,(H,14,16). The summed E-state index contributed by atoms with van der Waals surface area (Å²) in [7, 11) is 1.67. The zero-order valence-corrected chi connectivity index (χ0v) is 10.6. The van der Waals surface area contributed by atoms with Crippen LogP contribution in [0.4, 0.5) is 6.01 Å². The normalized spacial score (nSPS) is 10.3. The van der Waals surface area contributed by atoms with Crippen LogP contribution in [-0.2, 0) is 6.42 Å². The Bertz CT molecular complexity index is 479. The molecule has 0 amide bonds. The van der Waals surface area contributed by atoms with E-state index in [0.29, 0.717) is 11.9 Å². The monoisotopic (exact) mass is 247 g/mol. The maximum absolute atomic E-state index is 5.22. The van der Waals surface area contributed by atoms with Crippen molar-refractivity contribution >= 4 is 6.01 Å². The maximum Gasteiger partial charge on any atom is 0.315 e. The van der Waals surface area contributed by atoms with E-state index in [0.717, 1.165) is 25.1 Å². The van der Waals surface area contributed by atoms with Gasteiger partial charge in [-0.2, -0.15) is 0 Å². The van der Waals surface area contributed by atoms with Crippen LogP contribution in [0.2, 0.25) is 0 Å². The highest BCUT2D eigenvalue weighted by molar-refractivity contribution is 5.27. The van der Waals surface area contributed by atoms with Gasteiger partial charge < -0.3 is 14.5 Å². The van der Waals surface area contributed by atoms with Gasteiger partial charge in [0.15, 0.2) is 0 Å². The first-order valence-corrected chi connectivity index (χ1v) is 5.95. The molecule has 0 aliphatic heterocycles. The van der Waals surface area contributed by atoms with Gasteiger partial charge in [0.2, 0.25) is 5.89 Å². The Morgan fingerprint density at radius 3 is 2.61 bits per heavy atom. The molecule has 2 aromatic rings. The molecule has 0 bridgehead atoms. The number of ether oxygens (including phenoxy) is 1. The lowest BCUT2D eigenvalue weighted by molar-refractivity contribution is 0.414. The predicted molar refractivity (Wildman–Crippen MR) is 68.8 cm³/mol. The van der Waals surface area contributed by atoms with Crippen molar-refractivity contribution < 1.29 is 9.15 Å². The molecule has 5 heteroatoms. The van der Waals surface area contributed by atoms with Gasteiger partial charge in [0.25, 0.3) is 0 Å². The summed E-state index contributed by atoms with van der Waals surface area (Å²) in [5.41, 5.74) is 1.29. The zero-order chi connectivity index (χ0) is 12.8. The Hall–Kier alpha value is -2.04. The van der Waals surface area contributed by atoms with Gasteiger partial charge in [-0.25, -0.2) is 0 Å². The van der Waals surface area contributed by atoms with Crippen LogP contribution >= 0.6 is 0 Å². The summed E-state index contributed by atoms with van der Waals surface area (Å²) >= 11 is 0. The molecule has 0 saturated carbocycles. The molecule has 18 heavy (non-hydrogen) atoms. The molecule has 0 unspecified atom stereocenters. The summed E-state index contributed by atoms with van der Waals surface area (Å²) in [6, 6.07) is 8.60. The van der Waals surface area contributed by atoms with Gasteiger partial charge in [0, 0.05) is 13.5 Å². The number of hydrogen-bond acceptors (Lipinski definition) is 5. The summed E-state index contributed by atoms with van der Waals surface area (Å²) in [5.74, 6) is 1.46. The topological polar surface area (TPSA) is 60.2 Å². The molecular weight excluding hydrogens is 230 g/mol. The second-order valence-corrected chi connectivity index (χ2v) is 4.00. The molecule has 5 nitrogen and oxygen atoms in total. The number of nitrogens with zero attached hydrogens (tertiary/aromatic N) is 2. The maximum atomic E-state index is 5.22. The number of rotatable bonds is 6. The van der Waals surface area contributed by atoms with Crippen molar-refractivity contribution in [1.82, 2.24) is 10.2 Å². The smallest absolute Gasteiger partial charge is 0.315 e. The zero-order valence-electron chi connectivity index (χ0n) is 10.6. The van der Waals surface area contributed by atoms with E-state index in [1.165, 1.54) is 5.56 Å². The van der Waals surface area contributed by atoms with Crippen LogP contribution in [0, 0.1) is 6.92 Å². The van der Waals surface area contributed by atoms with Gasteiger partial charge >= 0.3 is 6.01 Å². The van der Waals surface area contributed by atoms with Crippen LogP contribution in [0.25, 0.3) is 0 Å². The number of benzene rings is 1. The summed E-state index contributed by atoms with van der Waals surface area (Å²) in [6.45, 7) is 2.59. The largest absolute Gasteiger partial charge is 0.497 e. The first-order chi connectivity index (χ1) is 8.78. The molecule has 0 aliphatic rings. The minimum Gasteiger partial charge on any atom is -0.497 e. The number of aromatic nitrogens is 2. The number of nitrogens with one attached hydrogen (secondary N) is 1. The van der Waals surface area contributed by atoms with Crippen molar-refractivity contribution in [3.8, 4) is 5.75 Å². The average Bonchev–Trinajstić information content (AvgIpc) is 2.81. The fourth-order valence-corrected chi connectivity index (χ4v) is 1.65. The van der Waals surface area contributed by atoms with Gasteiger partial charge in [0.1, 0.15) is 5.75 Å². The average molecular weight is 247 g/mol. The van der Waals surface area contributed by atoms with E-state index in [4.69, 9.17) is 9.15 Å². The Balaban J connectivity index is 1.71. The summed E-state index contributed by atoms with van der Waals surface area (Å²) in [4.78, 5) is 0. The molecule has 1 N–H and O–H groups in total. The highest BCUT2D eigenvalue weighted by atomic mass is 16.5. The highest BCUT2D eigenvalue weighted by Crippen LogP contribution is 2.12. The first-order valence-electron chi connectivity index (χ1n) is 5.95. The first kappa shape index (κ1) is 12.4. The summed E-state index contributed by atoms with van der Waals surface area (Å²) in [5, 5.41) is 10.7. The van der Waals surface area contributed by atoms with Gasteiger partial charge in [-0.15, -0.1) is 5.10 Å². The van der Waals surface area contributed by atoms with Crippen molar-refractivity contribution in [3.05, 3.63) is 35.7 Å². The quantitative estimate of drug-likeness (QED) is 0.794. The predicted octanol–water partition coefficient (Wildman–Crippen LogP) is 2.43. The van der Waals surface area contributed by atoms with E-state index < -0.39 is 0 Å². The summed E-state index contributed by atoms with van der Waals surface area (Å²) in [6.07, 6.45) is 2.01. The van der Waals surface area contributed by atoms with E-state index >= 15 is 0 Å². The Morgan fingerprint density at radius 2 is 2.00 bits per heavy atom. The number of hydrogen-bond donors (Lipinski definition) is 1. The third-order valence-corrected chi connectivity index (χ3v) is 2.60. The molecule has 1 heterocycles. The van der Waals surface area contributed by atoms with E-state index in [9.17, 15) is 0 Å². The number of methoxy groups -OCH3 is 1. The summed E-state index contributed by atoms with van der Waals surface area (Å²) < 4.78 is 10.3.